The molecule has 1 atom stereocenters. The normalized spacial score (nSPS) is 26.1. The number of unbranched alkanes of at least 4 members (excludes halogenated alkanes) is 2. The summed E-state index contributed by atoms with van der Waals surface area (Å²) in [5.41, 5.74) is 0.416. The van der Waals surface area contributed by atoms with Crippen LogP contribution in [0.1, 0.15) is 46.0 Å². The van der Waals surface area contributed by atoms with Crippen LogP contribution in [0.4, 0.5) is 0 Å². The second kappa shape index (κ2) is 9.07. The van der Waals surface area contributed by atoms with Crippen LogP contribution in [0.5, 0.6) is 0 Å². The predicted octanol–water partition coefficient (Wildman–Crippen LogP) is 2.87. The molecule has 2 heterocycles. The van der Waals surface area contributed by atoms with Crippen LogP contribution < -0.4 is 5.32 Å². The van der Waals surface area contributed by atoms with Crippen molar-refractivity contribution in [3.8, 4) is 0 Å². The van der Waals surface area contributed by atoms with Crippen LogP contribution in [0.2, 0.25) is 0 Å². The first kappa shape index (κ1) is 18.0. The molecule has 1 unspecified atom stereocenters. The number of guanidine groups is 1. The van der Waals surface area contributed by atoms with Gasteiger partial charge in [-0.05, 0) is 26.2 Å². The molecular weight excluding hydrogens is 365 g/mol. The van der Waals surface area contributed by atoms with Crippen molar-refractivity contribution in [2.75, 3.05) is 39.4 Å². The van der Waals surface area contributed by atoms with Gasteiger partial charge in [0, 0.05) is 38.2 Å². The summed E-state index contributed by atoms with van der Waals surface area (Å²) in [7, 11) is 0. The van der Waals surface area contributed by atoms with Gasteiger partial charge in [0.1, 0.15) is 0 Å². The molecule has 118 valence electrons. The van der Waals surface area contributed by atoms with Crippen molar-refractivity contribution in [3.63, 3.8) is 0 Å². The van der Waals surface area contributed by atoms with Crippen molar-refractivity contribution < 1.29 is 4.74 Å². The van der Waals surface area contributed by atoms with Crippen LogP contribution in [0, 0.1) is 5.41 Å². The molecule has 2 saturated heterocycles. The molecular formula is C15H30IN3O. The molecule has 0 aromatic rings. The van der Waals surface area contributed by atoms with E-state index < -0.39 is 0 Å². The number of likely N-dealkylation sites (tertiary alicyclic amines) is 1. The molecule has 2 fully saturated rings. The summed E-state index contributed by atoms with van der Waals surface area (Å²) in [6, 6.07) is 0. The van der Waals surface area contributed by atoms with E-state index in [9.17, 15) is 0 Å². The van der Waals surface area contributed by atoms with Crippen LogP contribution in [0.15, 0.2) is 4.99 Å². The first-order chi connectivity index (χ1) is 9.29. The Hall–Kier alpha value is -0.0400. The van der Waals surface area contributed by atoms with Gasteiger partial charge in [-0.25, -0.2) is 0 Å². The predicted molar refractivity (Wildman–Crippen MR) is 95.0 cm³/mol. The van der Waals surface area contributed by atoms with Gasteiger partial charge in [-0.15, -0.1) is 24.0 Å². The maximum atomic E-state index is 5.60. The Morgan fingerprint density at radius 2 is 2.15 bits per heavy atom. The van der Waals surface area contributed by atoms with Gasteiger partial charge < -0.3 is 15.0 Å². The van der Waals surface area contributed by atoms with Crippen LogP contribution in [0.25, 0.3) is 0 Å². The Morgan fingerprint density at radius 3 is 2.80 bits per heavy atom. The Kier molecular flexibility index (Phi) is 8.17. The minimum atomic E-state index is 0. The molecule has 2 rings (SSSR count). The van der Waals surface area contributed by atoms with E-state index >= 15 is 0 Å². The van der Waals surface area contributed by atoms with Crippen molar-refractivity contribution >= 4 is 29.9 Å². The number of halogens is 1. The maximum absolute atomic E-state index is 5.60. The molecule has 2 aliphatic heterocycles. The monoisotopic (exact) mass is 395 g/mol. The minimum absolute atomic E-state index is 0. The Labute approximate surface area is 140 Å². The lowest BCUT2D eigenvalue weighted by molar-refractivity contribution is 0.156. The van der Waals surface area contributed by atoms with Gasteiger partial charge in [0.2, 0.25) is 0 Å². The van der Waals surface area contributed by atoms with Gasteiger partial charge in [0.15, 0.2) is 5.96 Å². The zero-order valence-corrected chi connectivity index (χ0v) is 15.3. The average Bonchev–Trinajstić information content (AvgIpc) is 3.04. The summed E-state index contributed by atoms with van der Waals surface area (Å²) < 4.78 is 5.60. The van der Waals surface area contributed by atoms with E-state index in [0.29, 0.717) is 5.41 Å². The maximum Gasteiger partial charge on any atom is 0.193 e. The SMILES string of the molecule is CCCCCN=C(NCC)N1CCC2(CCOC2)C1.I. The van der Waals surface area contributed by atoms with Crippen molar-refractivity contribution in [2.45, 2.75) is 46.0 Å². The molecule has 0 bridgehead atoms. The lowest BCUT2D eigenvalue weighted by Gasteiger charge is -2.25. The Balaban J connectivity index is 0.00000200. The number of rotatable bonds is 5. The van der Waals surface area contributed by atoms with Gasteiger partial charge in [0.05, 0.1) is 6.61 Å². The van der Waals surface area contributed by atoms with Crippen molar-refractivity contribution in [1.82, 2.24) is 10.2 Å². The number of hydrogen-bond donors (Lipinski definition) is 1. The molecule has 0 aromatic carbocycles. The van der Waals surface area contributed by atoms with E-state index in [1.165, 1.54) is 32.1 Å². The molecule has 20 heavy (non-hydrogen) atoms. The summed E-state index contributed by atoms with van der Waals surface area (Å²) in [6.07, 6.45) is 6.22. The second-order valence-electron chi connectivity index (χ2n) is 5.92. The van der Waals surface area contributed by atoms with E-state index in [0.717, 1.165) is 45.4 Å². The number of hydrogen-bond acceptors (Lipinski definition) is 2. The lowest BCUT2D eigenvalue weighted by Crippen LogP contribution is -2.41. The first-order valence-electron chi connectivity index (χ1n) is 7.91. The van der Waals surface area contributed by atoms with Crippen molar-refractivity contribution in [2.24, 2.45) is 10.4 Å². The average molecular weight is 395 g/mol. The number of nitrogens with one attached hydrogen (secondary N) is 1. The van der Waals surface area contributed by atoms with Crippen molar-refractivity contribution in [3.05, 3.63) is 0 Å². The summed E-state index contributed by atoms with van der Waals surface area (Å²) >= 11 is 0. The summed E-state index contributed by atoms with van der Waals surface area (Å²) in [5.74, 6) is 1.11. The molecule has 5 heteroatoms. The number of nitrogens with zero attached hydrogens (tertiary/aromatic N) is 2. The Morgan fingerprint density at radius 1 is 1.30 bits per heavy atom. The van der Waals surface area contributed by atoms with Crippen LogP contribution in [-0.4, -0.2) is 50.3 Å². The smallest absolute Gasteiger partial charge is 0.193 e. The van der Waals surface area contributed by atoms with Gasteiger partial charge in [-0.2, -0.15) is 0 Å². The molecule has 4 nitrogen and oxygen atoms in total. The zero-order valence-electron chi connectivity index (χ0n) is 13.0. The number of aliphatic imine (C=N–C) groups is 1. The van der Waals surface area contributed by atoms with Gasteiger partial charge in [-0.1, -0.05) is 19.8 Å². The molecule has 0 saturated carbocycles. The third kappa shape index (κ3) is 4.76. The van der Waals surface area contributed by atoms with E-state index in [4.69, 9.17) is 9.73 Å². The van der Waals surface area contributed by atoms with Crippen molar-refractivity contribution in [1.29, 1.82) is 0 Å². The first-order valence-corrected chi connectivity index (χ1v) is 7.91. The minimum Gasteiger partial charge on any atom is -0.381 e. The summed E-state index contributed by atoms with van der Waals surface area (Å²) in [6.45, 7) is 10.4. The molecule has 0 radical (unpaired) electrons. The molecule has 0 aromatic heterocycles. The topological polar surface area (TPSA) is 36.9 Å². The highest BCUT2D eigenvalue weighted by Crippen LogP contribution is 2.38. The highest BCUT2D eigenvalue weighted by molar-refractivity contribution is 14.0. The van der Waals surface area contributed by atoms with Gasteiger partial charge >= 0.3 is 0 Å². The largest absolute Gasteiger partial charge is 0.381 e. The van der Waals surface area contributed by atoms with E-state index in [1.54, 1.807) is 0 Å². The molecule has 1 N–H and O–H groups in total. The van der Waals surface area contributed by atoms with Crippen LogP contribution in [-0.2, 0) is 4.74 Å². The van der Waals surface area contributed by atoms with Crippen LogP contribution in [0.3, 0.4) is 0 Å². The standard InChI is InChI=1S/C15H29N3O.HI/c1-3-5-6-9-17-14(16-4-2)18-10-7-15(12-18)8-11-19-13-15;/h3-13H2,1-2H3,(H,16,17);1H. The molecule has 0 aliphatic carbocycles. The highest BCUT2D eigenvalue weighted by Gasteiger charge is 2.42. The molecule has 0 amide bonds. The van der Waals surface area contributed by atoms with Gasteiger partial charge in [-0.3, -0.25) is 4.99 Å². The number of ether oxygens (including phenoxy) is 1. The fourth-order valence-electron chi connectivity index (χ4n) is 3.06. The third-order valence-corrected chi connectivity index (χ3v) is 4.28. The van der Waals surface area contributed by atoms with E-state index in [2.05, 4.69) is 24.1 Å². The Bertz CT molecular complexity index is 303. The van der Waals surface area contributed by atoms with E-state index in [1.807, 2.05) is 0 Å². The lowest BCUT2D eigenvalue weighted by atomic mass is 9.87. The molecule has 2 aliphatic rings. The molecule has 1 spiro atoms. The summed E-state index contributed by atoms with van der Waals surface area (Å²) in [5, 5.41) is 3.44. The van der Waals surface area contributed by atoms with E-state index in [-0.39, 0.29) is 24.0 Å². The summed E-state index contributed by atoms with van der Waals surface area (Å²) in [4.78, 5) is 7.21. The second-order valence-corrected chi connectivity index (χ2v) is 5.92. The zero-order chi connectivity index (χ0) is 13.6. The fraction of sp³-hybridized carbons (Fsp3) is 0.933. The van der Waals surface area contributed by atoms with Crippen LogP contribution >= 0.6 is 24.0 Å². The highest BCUT2D eigenvalue weighted by atomic mass is 127. The fourth-order valence-corrected chi connectivity index (χ4v) is 3.06. The van der Waals surface area contributed by atoms with Gasteiger partial charge in [0.25, 0.3) is 0 Å². The third-order valence-electron chi connectivity index (χ3n) is 4.28. The quantitative estimate of drug-likeness (QED) is 0.337.